The van der Waals surface area contributed by atoms with Gasteiger partial charge in [0.05, 0.1) is 24.4 Å². The van der Waals surface area contributed by atoms with Crippen LogP contribution < -0.4 is 4.90 Å². The van der Waals surface area contributed by atoms with Crippen LogP contribution in [0.2, 0.25) is 0 Å². The van der Waals surface area contributed by atoms with Crippen molar-refractivity contribution in [1.82, 2.24) is 19.4 Å². The molecule has 0 N–H and O–H groups in total. The summed E-state index contributed by atoms with van der Waals surface area (Å²) in [5, 5.41) is 1.20. The topological polar surface area (TPSA) is 55.5 Å². The van der Waals surface area contributed by atoms with Gasteiger partial charge in [-0.25, -0.2) is 9.97 Å². The standard InChI is InChI=1S/C23H23N5O/c1-2-4-19-16(3-1)5-6-20(25-19)17-13-18(14-17)21-15-28-8-7-24-22(23(28)26-21)27-9-11-29-12-10-27/h1-8,15,17-18H,9-14H2. The molecule has 1 saturated carbocycles. The second kappa shape index (κ2) is 6.81. The summed E-state index contributed by atoms with van der Waals surface area (Å²) in [6.45, 7) is 3.24. The van der Waals surface area contributed by atoms with Crippen LogP contribution in [-0.2, 0) is 4.74 Å². The molecule has 0 amide bonds. The Morgan fingerprint density at radius 2 is 1.72 bits per heavy atom. The number of fused-ring (bicyclic) bond motifs is 2. The summed E-state index contributed by atoms with van der Waals surface area (Å²) in [6, 6.07) is 12.7. The van der Waals surface area contributed by atoms with Gasteiger partial charge in [0, 0.05) is 54.6 Å². The van der Waals surface area contributed by atoms with Gasteiger partial charge in [0.25, 0.3) is 0 Å². The highest BCUT2D eigenvalue weighted by Gasteiger charge is 2.34. The monoisotopic (exact) mass is 385 g/mol. The minimum absolute atomic E-state index is 0.491. The van der Waals surface area contributed by atoms with E-state index in [-0.39, 0.29) is 0 Å². The summed E-state index contributed by atoms with van der Waals surface area (Å²) in [5.41, 5.74) is 4.42. The number of anilines is 1. The molecule has 1 aliphatic carbocycles. The van der Waals surface area contributed by atoms with Gasteiger partial charge in [0.1, 0.15) is 0 Å². The molecular formula is C23H23N5O. The van der Waals surface area contributed by atoms with E-state index >= 15 is 0 Å². The molecule has 6 nitrogen and oxygen atoms in total. The minimum atomic E-state index is 0.491. The highest BCUT2D eigenvalue weighted by Crippen LogP contribution is 2.47. The van der Waals surface area contributed by atoms with Gasteiger partial charge in [-0.3, -0.25) is 4.98 Å². The lowest BCUT2D eigenvalue weighted by molar-refractivity contribution is 0.122. The summed E-state index contributed by atoms with van der Waals surface area (Å²) >= 11 is 0. The Morgan fingerprint density at radius 1 is 0.897 bits per heavy atom. The molecule has 0 bridgehead atoms. The number of para-hydroxylation sites is 1. The zero-order valence-electron chi connectivity index (χ0n) is 16.2. The fourth-order valence-corrected chi connectivity index (χ4v) is 4.53. The summed E-state index contributed by atoms with van der Waals surface area (Å²) in [6.07, 6.45) is 8.25. The number of aromatic nitrogens is 4. The predicted octanol–water partition coefficient (Wildman–Crippen LogP) is 3.78. The van der Waals surface area contributed by atoms with Crippen LogP contribution in [-0.4, -0.2) is 45.7 Å². The number of pyridine rings is 1. The van der Waals surface area contributed by atoms with E-state index in [2.05, 4.69) is 56.9 Å². The molecule has 1 aromatic carbocycles. The lowest BCUT2D eigenvalue weighted by Gasteiger charge is -2.34. The smallest absolute Gasteiger partial charge is 0.180 e. The second-order valence-corrected chi connectivity index (χ2v) is 8.04. The van der Waals surface area contributed by atoms with Crippen LogP contribution in [0.5, 0.6) is 0 Å². The van der Waals surface area contributed by atoms with Crippen molar-refractivity contribution in [3.63, 3.8) is 0 Å². The first-order valence-corrected chi connectivity index (χ1v) is 10.4. The third-order valence-corrected chi connectivity index (χ3v) is 6.28. The summed E-state index contributed by atoms with van der Waals surface area (Å²) in [5.74, 6) is 1.98. The fraction of sp³-hybridized carbons (Fsp3) is 0.348. The zero-order valence-corrected chi connectivity index (χ0v) is 16.2. The average molecular weight is 385 g/mol. The zero-order chi connectivity index (χ0) is 19.2. The summed E-state index contributed by atoms with van der Waals surface area (Å²) in [7, 11) is 0. The molecule has 1 aliphatic heterocycles. The van der Waals surface area contributed by atoms with Crippen molar-refractivity contribution in [2.75, 3.05) is 31.2 Å². The minimum Gasteiger partial charge on any atom is -0.378 e. The molecule has 2 fully saturated rings. The van der Waals surface area contributed by atoms with E-state index in [4.69, 9.17) is 14.7 Å². The molecule has 1 saturated heterocycles. The maximum Gasteiger partial charge on any atom is 0.180 e. The fourth-order valence-electron chi connectivity index (χ4n) is 4.53. The summed E-state index contributed by atoms with van der Waals surface area (Å²) < 4.78 is 7.60. The van der Waals surface area contributed by atoms with E-state index in [1.54, 1.807) is 0 Å². The Kier molecular flexibility index (Phi) is 3.97. The van der Waals surface area contributed by atoms with Gasteiger partial charge in [-0.15, -0.1) is 0 Å². The SMILES string of the molecule is c1ccc2nc(C3CC(c4cn5ccnc(N6CCOCC6)c5n4)C3)ccc2c1. The first-order valence-electron chi connectivity index (χ1n) is 10.4. The van der Waals surface area contributed by atoms with E-state index < -0.39 is 0 Å². The lowest BCUT2D eigenvalue weighted by atomic mass is 9.71. The van der Waals surface area contributed by atoms with Crippen LogP contribution in [0.1, 0.15) is 36.1 Å². The van der Waals surface area contributed by atoms with Crippen molar-refractivity contribution in [2.24, 2.45) is 0 Å². The molecule has 6 heteroatoms. The van der Waals surface area contributed by atoms with Gasteiger partial charge in [-0.05, 0) is 25.0 Å². The number of rotatable bonds is 3. The van der Waals surface area contributed by atoms with Gasteiger partial charge >= 0.3 is 0 Å². The molecule has 0 unspecified atom stereocenters. The Balaban J connectivity index is 1.24. The van der Waals surface area contributed by atoms with Crippen molar-refractivity contribution in [3.05, 3.63) is 66.4 Å². The third-order valence-electron chi connectivity index (χ3n) is 6.28. The maximum absolute atomic E-state index is 5.48. The molecule has 6 rings (SSSR count). The number of ether oxygens (including phenoxy) is 1. The average Bonchev–Trinajstić information content (AvgIpc) is 3.17. The van der Waals surface area contributed by atoms with Crippen LogP contribution in [0.15, 0.2) is 55.0 Å². The van der Waals surface area contributed by atoms with Crippen molar-refractivity contribution in [3.8, 4) is 0 Å². The first kappa shape index (κ1) is 16.9. The number of benzene rings is 1. The Labute approximate surface area is 169 Å². The molecule has 2 aliphatic rings. The third kappa shape index (κ3) is 2.95. The Bertz CT molecular complexity index is 1170. The van der Waals surface area contributed by atoms with E-state index in [0.717, 1.165) is 56.1 Å². The van der Waals surface area contributed by atoms with Crippen molar-refractivity contribution >= 4 is 22.4 Å². The van der Waals surface area contributed by atoms with E-state index in [1.165, 1.54) is 16.8 Å². The highest BCUT2D eigenvalue weighted by atomic mass is 16.5. The van der Waals surface area contributed by atoms with Gasteiger partial charge < -0.3 is 14.0 Å². The van der Waals surface area contributed by atoms with Crippen molar-refractivity contribution < 1.29 is 4.74 Å². The quantitative estimate of drug-likeness (QED) is 0.537. The highest BCUT2D eigenvalue weighted by molar-refractivity contribution is 5.78. The van der Waals surface area contributed by atoms with Gasteiger partial charge in [-0.2, -0.15) is 0 Å². The van der Waals surface area contributed by atoms with E-state index in [9.17, 15) is 0 Å². The molecule has 0 spiro atoms. The predicted molar refractivity (Wildman–Crippen MR) is 112 cm³/mol. The lowest BCUT2D eigenvalue weighted by Crippen LogP contribution is -2.37. The first-order chi connectivity index (χ1) is 14.3. The molecular weight excluding hydrogens is 362 g/mol. The number of hydrogen-bond acceptors (Lipinski definition) is 5. The van der Waals surface area contributed by atoms with Crippen LogP contribution in [0.4, 0.5) is 5.82 Å². The van der Waals surface area contributed by atoms with Crippen LogP contribution >= 0.6 is 0 Å². The molecule has 3 aromatic heterocycles. The Hall–Kier alpha value is -2.99. The normalized spacial score (nSPS) is 22.1. The molecule has 29 heavy (non-hydrogen) atoms. The number of imidazole rings is 1. The molecule has 0 radical (unpaired) electrons. The maximum atomic E-state index is 5.48. The van der Waals surface area contributed by atoms with Gasteiger partial charge in [0.15, 0.2) is 11.5 Å². The van der Waals surface area contributed by atoms with Gasteiger partial charge in [0.2, 0.25) is 0 Å². The summed E-state index contributed by atoms with van der Waals surface area (Å²) in [4.78, 5) is 16.8. The second-order valence-electron chi connectivity index (χ2n) is 8.04. The van der Waals surface area contributed by atoms with Crippen LogP contribution in [0.25, 0.3) is 16.6 Å². The van der Waals surface area contributed by atoms with Crippen LogP contribution in [0, 0.1) is 0 Å². The molecule has 146 valence electrons. The Morgan fingerprint density at radius 3 is 2.62 bits per heavy atom. The van der Waals surface area contributed by atoms with E-state index in [0.29, 0.717) is 11.8 Å². The largest absolute Gasteiger partial charge is 0.378 e. The molecule has 4 aromatic rings. The van der Waals surface area contributed by atoms with Crippen molar-refractivity contribution in [2.45, 2.75) is 24.7 Å². The van der Waals surface area contributed by atoms with E-state index in [1.807, 2.05) is 12.4 Å². The molecule has 0 atom stereocenters. The van der Waals surface area contributed by atoms with Crippen molar-refractivity contribution in [1.29, 1.82) is 0 Å². The number of morpholine rings is 1. The van der Waals surface area contributed by atoms with Gasteiger partial charge in [-0.1, -0.05) is 24.3 Å². The molecule has 4 heterocycles. The van der Waals surface area contributed by atoms with Crippen LogP contribution in [0.3, 0.4) is 0 Å². The number of hydrogen-bond donors (Lipinski definition) is 0. The number of nitrogens with zero attached hydrogens (tertiary/aromatic N) is 5.